The molecule has 0 radical (unpaired) electrons. The van der Waals surface area contributed by atoms with Crippen molar-refractivity contribution in [2.45, 2.75) is 0 Å². The zero-order valence-electron chi connectivity index (χ0n) is 13.3. The Labute approximate surface area is 146 Å². The number of ether oxygens (including phenoxy) is 1. The van der Waals surface area contributed by atoms with Gasteiger partial charge in [-0.25, -0.2) is 4.79 Å². The SMILES string of the molecule is O=C(COC(=O)c1ccc2nccnc2c1)Nc1cccc([N+](=O)[O-])c1. The number of carbonyl (C=O) groups is 2. The third kappa shape index (κ3) is 3.96. The highest BCUT2D eigenvalue weighted by Gasteiger charge is 2.13. The second-order valence-electron chi connectivity index (χ2n) is 5.19. The third-order valence-corrected chi connectivity index (χ3v) is 3.38. The van der Waals surface area contributed by atoms with E-state index in [0.29, 0.717) is 11.0 Å². The Bertz CT molecular complexity index is 1010. The van der Waals surface area contributed by atoms with Crippen LogP contribution in [0, 0.1) is 10.1 Å². The normalized spacial score (nSPS) is 10.3. The molecule has 9 heteroatoms. The number of anilines is 1. The van der Waals surface area contributed by atoms with Crippen molar-refractivity contribution in [3.8, 4) is 0 Å². The Balaban J connectivity index is 1.60. The standard InChI is InChI=1S/C17H12N4O5/c22-16(20-12-2-1-3-13(9-12)21(24)25)10-26-17(23)11-4-5-14-15(8-11)19-7-6-18-14/h1-9H,10H2,(H,20,22). The summed E-state index contributed by atoms with van der Waals surface area (Å²) in [5.74, 6) is -1.30. The maximum absolute atomic E-state index is 12.0. The predicted molar refractivity (Wildman–Crippen MR) is 91.5 cm³/mol. The summed E-state index contributed by atoms with van der Waals surface area (Å²) in [5, 5.41) is 13.1. The molecule has 2 aromatic carbocycles. The van der Waals surface area contributed by atoms with Gasteiger partial charge in [-0.05, 0) is 24.3 Å². The molecule has 26 heavy (non-hydrogen) atoms. The molecule has 0 fully saturated rings. The van der Waals surface area contributed by atoms with Gasteiger partial charge in [-0.1, -0.05) is 6.07 Å². The summed E-state index contributed by atoms with van der Waals surface area (Å²) in [4.78, 5) is 42.2. The molecule has 1 heterocycles. The van der Waals surface area contributed by atoms with Gasteiger partial charge in [-0.3, -0.25) is 24.9 Å². The van der Waals surface area contributed by atoms with Crippen molar-refractivity contribution in [1.82, 2.24) is 9.97 Å². The minimum atomic E-state index is -0.688. The molecule has 0 aliphatic rings. The number of nitro groups is 1. The van der Waals surface area contributed by atoms with Crippen LogP contribution < -0.4 is 5.32 Å². The van der Waals surface area contributed by atoms with Crippen LogP contribution in [0.25, 0.3) is 11.0 Å². The molecule has 1 N–H and O–H groups in total. The van der Waals surface area contributed by atoms with Crippen LogP contribution >= 0.6 is 0 Å². The molecule has 9 nitrogen and oxygen atoms in total. The van der Waals surface area contributed by atoms with Crippen LogP contribution in [0.4, 0.5) is 11.4 Å². The van der Waals surface area contributed by atoms with Crippen LogP contribution in [0.5, 0.6) is 0 Å². The second kappa shape index (κ2) is 7.34. The Morgan fingerprint density at radius 2 is 1.85 bits per heavy atom. The van der Waals surface area contributed by atoms with Gasteiger partial charge >= 0.3 is 5.97 Å². The molecule has 0 spiro atoms. The number of aromatic nitrogens is 2. The molecule has 0 saturated carbocycles. The maximum Gasteiger partial charge on any atom is 0.338 e. The molecule has 0 aliphatic heterocycles. The number of esters is 1. The first-order valence-corrected chi connectivity index (χ1v) is 7.45. The molecule has 3 rings (SSSR count). The fourth-order valence-corrected chi connectivity index (χ4v) is 2.20. The van der Waals surface area contributed by atoms with E-state index in [4.69, 9.17) is 4.74 Å². The van der Waals surface area contributed by atoms with Crippen molar-refractivity contribution in [3.05, 3.63) is 70.5 Å². The highest BCUT2D eigenvalue weighted by molar-refractivity contribution is 5.97. The average molecular weight is 352 g/mol. The van der Waals surface area contributed by atoms with Crippen molar-refractivity contribution in [1.29, 1.82) is 0 Å². The molecule has 0 atom stereocenters. The molecule has 0 aliphatic carbocycles. The lowest BCUT2D eigenvalue weighted by Crippen LogP contribution is -2.21. The molecule has 1 aromatic heterocycles. The molecular weight excluding hydrogens is 340 g/mol. The van der Waals surface area contributed by atoms with Crippen molar-refractivity contribution in [2.75, 3.05) is 11.9 Å². The van der Waals surface area contributed by atoms with Crippen molar-refractivity contribution in [2.24, 2.45) is 0 Å². The van der Waals surface area contributed by atoms with E-state index >= 15 is 0 Å². The quantitative estimate of drug-likeness (QED) is 0.424. The largest absolute Gasteiger partial charge is 0.452 e. The van der Waals surface area contributed by atoms with E-state index in [-0.39, 0.29) is 16.9 Å². The predicted octanol–water partition coefficient (Wildman–Crippen LogP) is 2.33. The number of nitrogens with one attached hydrogen (secondary N) is 1. The Morgan fingerprint density at radius 1 is 1.08 bits per heavy atom. The van der Waals surface area contributed by atoms with Gasteiger partial charge in [0.15, 0.2) is 6.61 Å². The molecule has 0 unspecified atom stereocenters. The number of hydrogen-bond acceptors (Lipinski definition) is 7. The Kier molecular flexibility index (Phi) is 4.79. The number of carbonyl (C=O) groups excluding carboxylic acids is 2. The summed E-state index contributed by atoms with van der Waals surface area (Å²) in [6.45, 7) is -0.528. The fraction of sp³-hybridized carbons (Fsp3) is 0.0588. The van der Waals surface area contributed by atoms with E-state index in [0.717, 1.165) is 0 Å². The Hall–Kier alpha value is -3.88. The molecule has 1 amide bonds. The van der Waals surface area contributed by atoms with Crippen molar-refractivity contribution >= 4 is 34.3 Å². The highest BCUT2D eigenvalue weighted by atomic mass is 16.6. The van der Waals surface area contributed by atoms with Crippen molar-refractivity contribution < 1.29 is 19.2 Å². The van der Waals surface area contributed by atoms with E-state index in [2.05, 4.69) is 15.3 Å². The molecule has 130 valence electrons. The number of amides is 1. The van der Waals surface area contributed by atoms with E-state index < -0.39 is 23.4 Å². The first kappa shape index (κ1) is 17.0. The topological polar surface area (TPSA) is 124 Å². The summed E-state index contributed by atoms with van der Waals surface area (Å²) in [6, 6.07) is 10.1. The van der Waals surface area contributed by atoms with Crippen LogP contribution in [-0.4, -0.2) is 33.4 Å². The van der Waals surface area contributed by atoms with Gasteiger partial charge < -0.3 is 10.1 Å². The molecule has 3 aromatic rings. The summed E-state index contributed by atoms with van der Waals surface area (Å²) < 4.78 is 4.96. The minimum absolute atomic E-state index is 0.155. The van der Waals surface area contributed by atoms with Gasteiger partial charge in [-0.15, -0.1) is 0 Å². The highest BCUT2D eigenvalue weighted by Crippen LogP contribution is 2.17. The number of nitrogens with zero attached hydrogens (tertiary/aromatic N) is 3. The average Bonchev–Trinajstić information content (AvgIpc) is 2.66. The van der Waals surface area contributed by atoms with Crippen LogP contribution in [-0.2, 0) is 9.53 Å². The van der Waals surface area contributed by atoms with Gasteiger partial charge in [0.1, 0.15) is 0 Å². The first-order valence-electron chi connectivity index (χ1n) is 7.45. The summed E-state index contributed by atoms with van der Waals surface area (Å²) in [6.07, 6.45) is 3.04. The lowest BCUT2D eigenvalue weighted by molar-refractivity contribution is -0.384. The van der Waals surface area contributed by atoms with Crippen LogP contribution in [0.15, 0.2) is 54.9 Å². The summed E-state index contributed by atoms with van der Waals surface area (Å²) >= 11 is 0. The number of benzene rings is 2. The van der Waals surface area contributed by atoms with Gasteiger partial charge in [0.05, 0.1) is 21.5 Å². The maximum atomic E-state index is 12.0. The zero-order valence-corrected chi connectivity index (χ0v) is 13.3. The fourth-order valence-electron chi connectivity index (χ4n) is 2.20. The number of fused-ring (bicyclic) bond motifs is 1. The summed E-state index contributed by atoms with van der Waals surface area (Å²) in [5.41, 5.74) is 1.48. The minimum Gasteiger partial charge on any atom is -0.452 e. The number of nitro benzene ring substituents is 1. The van der Waals surface area contributed by atoms with Crippen LogP contribution in [0.2, 0.25) is 0 Å². The van der Waals surface area contributed by atoms with Crippen molar-refractivity contribution in [3.63, 3.8) is 0 Å². The van der Waals surface area contributed by atoms with E-state index in [1.54, 1.807) is 12.3 Å². The van der Waals surface area contributed by atoms with Crippen LogP contribution in [0.3, 0.4) is 0 Å². The van der Waals surface area contributed by atoms with Gasteiger partial charge in [0.25, 0.3) is 11.6 Å². The lowest BCUT2D eigenvalue weighted by Gasteiger charge is -2.07. The van der Waals surface area contributed by atoms with Crippen LogP contribution in [0.1, 0.15) is 10.4 Å². The van der Waals surface area contributed by atoms with E-state index in [1.165, 1.54) is 42.6 Å². The van der Waals surface area contributed by atoms with Gasteiger partial charge in [0, 0.05) is 30.2 Å². The smallest absolute Gasteiger partial charge is 0.338 e. The molecular formula is C17H12N4O5. The number of hydrogen-bond donors (Lipinski definition) is 1. The first-order chi connectivity index (χ1) is 12.5. The monoisotopic (exact) mass is 352 g/mol. The molecule has 0 bridgehead atoms. The van der Waals surface area contributed by atoms with E-state index in [1.807, 2.05) is 0 Å². The van der Waals surface area contributed by atoms with Gasteiger partial charge in [-0.2, -0.15) is 0 Å². The third-order valence-electron chi connectivity index (χ3n) is 3.38. The summed E-state index contributed by atoms with van der Waals surface area (Å²) in [7, 11) is 0. The number of non-ortho nitro benzene ring substituents is 1. The Morgan fingerprint density at radius 3 is 2.62 bits per heavy atom. The zero-order chi connectivity index (χ0) is 18.5. The lowest BCUT2D eigenvalue weighted by atomic mass is 10.2. The van der Waals surface area contributed by atoms with E-state index in [9.17, 15) is 19.7 Å². The molecule has 0 saturated heterocycles. The number of rotatable bonds is 5. The second-order valence-corrected chi connectivity index (χ2v) is 5.19. The van der Waals surface area contributed by atoms with Gasteiger partial charge in [0.2, 0.25) is 0 Å².